The van der Waals surface area contributed by atoms with Gasteiger partial charge < -0.3 is 5.32 Å². The number of hydrogen-bond donors (Lipinski definition) is 1. The number of benzene rings is 2. The van der Waals surface area contributed by atoms with Crippen molar-refractivity contribution in [1.29, 1.82) is 0 Å². The summed E-state index contributed by atoms with van der Waals surface area (Å²) in [5, 5.41) is 7.25. The monoisotopic (exact) mass is 403 g/mol. The van der Waals surface area contributed by atoms with E-state index in [0.717, 1.165) is 28.6 Å². The van der Waals surface area contributed by atoms with Crippen molar-refractivity contribution in [3.05, 3.63) is 76.5 Å². The lowest BCUT2D eigenvalue weighted by atomic mass is 10.1. The second kappa shape index (κ2) is 7.01. The average Bonchev–Trinajstić information content (AvgIpc) is 3.24. The second-order valence-corrected chi connectivity index (χ2v) is 7.50. The molecule has 1 N–H and O–H groups in total. The Morgan fingerprint density at radius 3 is 2.54 bits per heavy atom. The van der Waals surface area contributed by atoms with Gasteiger partial charge in [-0.15, -0.1) is 0 Å². The maximum atomic E-state index is 13.3. The lowest BCUT2D eigenvalue weighted by molar-refractivity contribution is -0.137. The summed E-state index contributed by atoms with van der Waals surface area (Å²) in [6.45, 7) is 1.96. The first-order chi connectivity index (χ1) is 13.3. The predicted molar refractivity (Wildman–Crippen MR) is 103 cm³/mol. The van der Waals surface area contributed by atoms with E-state index in [1.165, 1.54) is 18.2 Å². The predicted octanol–water partition coefficient (Wildman–Crippen LogP) is 5.20. The third-order valence-electron chi connectivity index (χ3n) is 4.54. The van der Waals surface area contributed by atoms with E-state index in [-0.39, 0.29) is 0 Å². The number of anilines is 1. The highest BCUT2D eigenvalue weighted by atomic mass is 32.2. The molecule has 28 heavy (non-hydrogen) atoms. The molecule has 0 unspecified atom stereocenters. The van der Waals surface area contributed by atoms with Crippen LogP contribution in [0.25, 0.3) is 5.69 Å². The number of fused-ring (bicyclic) bond motifs is 1. The Hall–Kier alpha value is -2.74. The number of rotatable bonds is 3. The van der Waals surface area contributed by atoms with E-state index < -0.39 is 23.2 Å². The highest BCUT2D eigenvalue weighted by molar-refractivity contribution is 7.98. The van der Waals surface area contributed by atoms with E-state index in [4.69, 9.17) is 0 Å². The fourth-order valence-corrected chi connectivity index (χ4v) is 4.15. The third kappa shape index (κ3) is 3.40. The minimum absolute atomic E-state index is 0.411. The van der Waals surface area contributed by atoms with Crippen molar-refractivity contribution < 1.29 is 18.0 Å². The summed E-state index contributed by atoms with van der Waals surface area (Å²) in [6, 6.07) is 12.3. The molecule has 8 heteroatoms. The molecule has 0 atom stereocenters. The fourth-order valence-electron chi connectivity index (χ4n) is 3.12. The Balaban J connectivity index is 1.75. The number of thioether (sulfide) groups is 1. The van der Waals surface area contributed by atoms with E-state index in [9.17, 15) is 18.0 Å². The van der Waals surface area contributed by atoms with E-state index in [2.05, 4.69) is 10.4 Å². The molecule has 1 aliphatic rings. The minimum atomic E-state index is -4.61. The van der Waals surface area contributed by atoms with E-state index >= 15 is 0 Å². The van der Waals surface area contributed by atoms with Gasteiger partial charge in [0.1, 0.15) is 5.82 Å². The average molecular weight is 403 g/mol. The molecular weight excluding hydrogens is 387 g/mol. The highest BCUT2D eigenvalue weighted by Gasteiger charge is 2.35. The molecule has 1 aliphatic heterocycles. The lowest BCUT2D eigenvalue weighted by Gasteiger charge is -2.14. The Morgan fingerprint density at radius 2 is 1.82 bits per heavy atom. The molecule has 0 saturated carbocycles. The van der Waals surface area contributed by atoms with Crippen molar-refractivity contribution in [3.63, 3.8) is 0 Å². The number of aryl methyl sites for hydroxylation is 1. The van der Waals surface area contributed by atoms with E-state index in [0.29, 0.717) is 17.3 Å². The van der Waals surface area contributed by atoms with Gasteiger partial charge in [0.15, 0.2) is 0 Å². The third-order valence-corrected chi connectivity index (χ3v) is 5.51. The first kappa shape index (κ1) is 18.6. The Bertz CT molecular complexity index is 1040. The quantitative estimate of drug-likeness (QED) is 0.654. The van der Waals surface area contributed by atoms with Crippen molar-refractivity contribution in [3.8, 4) is 5.69 Å². The number of nitrogens with zero attached hydrogens (tertiary/aromatic N) is 2. The molecule has 3 aromatic rings. The number of carbonyl (C=O) groups excluding carboxylic acids is 1. The number of hydrogen-bond acceptors (Lipinski definition) is 3. The smallest absolute Gasteiger partial charge is 0.306 e. The maximum absolute atomic E-state index is 13.3. The van der Waals surface area contributed by atoms with E-state index in [1.807, 2.05) is 31.2 Å². The zero-order valence-corrected chi connectivity index (χ0v) is 15.7. The second-order valence-electron chi connectivity index (χ2n) is 6.51. The number of halogens is 3. The van der Waals surface area contributed by atoms with Crippen LogP contribution >= 0.6 is 11.8 Å². The molecule has 0 saturated heterocycles. The largest absolute Gasteiger partial charge is 0.417 e. The van der Waals surface area contributed by atoms with Crippen LogP contribution in [0.5, 0.6) is 0 Å². The molecule has 0 bridgehead atoms. The van der Waals surface area contributed by atoms with Gasteiger partial charge in [0, 0.05) is 17.1 Å². The summed E-state index contributed by atoms with van der Waals surface area (Å²) >= 11 is 1.65. The van der Waals surface area contributed by atoms with Crippen LogP contribution in [0.4, 0.5) is 19.0 Å². The molecule has 1 amide bonds. The van der Waals surface area contributed by atoms with Gasteiger partial charge in [-0.05, 0) is 31.2 Å². The Labute approximate surface area is 163 Å². The van der Waals surface area contributed by atoms with Gasteiger partial charge in [-0.3, -0.25) is 4.79 Å². The van der Waals surface area contributed by atoms with Crippen molar-refractivity contribution in [1.82, 2.24) is 9.78 Å². The van der Waals surface area contributed by atoms with E-state index in [1.54, 1.807) is 16.4 Å². The minimum Gasteiger partial charge on any atom is -0.306 e. The van der Waals surface area contributed by atoms with Gasteiger partial charge in [0.25, 0.3) is 5.91 Å². The van der Waals surface area contributed by atoms with Crippen LogP contribution in [0.2, 0.25) is 0 Å². The normalized spacial score (nSPS) is 13.4. The van der Waals surface area contributed by atoms with Crippen LogP contribution in [-0.4, -0.2) is 15.7 Å². The van der Waals surface area contributed by atoms with Gasteiger partial charge in [0.2, 0.25) is 0 Å². The summed E-state index contributed by atoms with van der Waals surface area (Å²) in [4.78, 5) is 12.8. The Morgan fingerprint density at radius 1 is 1.11 bits per heavy atom. The van der Waals surface area contributed by atoms with Crippen LogP contribution < -0.4 is 5.32 Å². The number of aromatic nitrogens is 2. The number of amides is 1. The SMILES string of the molecule is Cc1ccc(-n2nc3c(c2NC(=O)c2ccccc2C(F)(F)F)CSC3)cc1. The standard InChI is InChI=1S/C20H16F3N3OS/c1-12-6-8-13(9-7-12)26-18(15-10-28-11-17(15)25-26)24-19(27)14-4-2-3-5-16(14)20(21,22)23/h2-9H,10-11H2,1H3,(H,24,27). The van der Waals surface area contributed by atoms with Gasteiger partial charge in [-0.25, -0.2) is 4.68 Å². The van der Waals surface area contributed by atoms with Gasteiger partial charge in [0.05, 0.1) is 22.5 Å². The number of nitrogens with one attached hydrogen (secondary N) is 1. The zero-order valence-electron chi connectivity index (χ0n) is 14.9. The summed E-state index contributed by atoms with van der Waals surface area (Å²) in [5.74, 6) is 0.972. The van der Waals surface area contributed by atoms with Gasteiger partial charge in [-0.1, -0.05) is 29.8 Å². The molecule has 4 nitrogen and oxygen atoms in total. The van der Waals surface area contributed by atoms with Crippen LogP contribution in [0.15, 0.2) is 48.5 Å². The topological polar surface area (TPSA) is 46.9 Å². The van der Waals surface area contributed by atoms with Crippen molar-refractivity contribution in [2.24, 2.45) is 0 Å². The Kier molecular flexibility index (Phi) is 4.66. The lowest BCUT2D eigenvalue weighted by Crippen LogP contribution is -2.20. The molecule has 0 radical (unpaired) electrons. The van der Waals surface area contributed by atoms with Crippen molar-refractivity contribution in [2.75, 3.05) is 5.32 Å². The molecular formula is C20H16F3N3OS. The van der Waals surface area contributed by atoms with Crippen LogP contribution in [0.3, 0.4) is 0 Å². The molecule has 4 rings (SSSR count). The summed E-state index contributed by atoms with van der Waals surface area (Å²) in [7, 11) is 0. The van der Waals surface area contributed by atoms with Gasteiger partial charge >= 0.3 is 6.18 Å². The first-order valence-electron chi connectivity index (χ1n) is 8.58. The molecule has 0 fully saturated rings. The zero-order chi connectivity index (χ0) is 19.9. The summed E-state index contributed by atoms with van der Waals surface area (Å²) < 4.78 is 41.5. The molecule has 2 heterocycles. The summed E-state index contributed by atoms with van der Waals surface area (Å²) in [5.41, 5.74) is 2.13. The first-order valence-corrected chi connectivity index (χ1v) is 9.73. The molecule has 144 valence electrons. The van der Waals surface area contributed by atoms with Crippen LogP contribution in [0, 0.1) is 6.92 Å². The van der Waals surface area contributed by atoms with Crippen molar-refractivity contribution >= 4 is 23.5 Å². The van der Waals surface area contributed by atoms with Gasteiger partial charge in [-0.2, -0.15) is 30.0 Å². The molecule has 0 spiro atoms. The fraction of sp³-hybridized carbons (Fsp3) is 0.200. The number of alkyl halides is 3. The number of carbonyl (C=O) groups is 1. The summed E-state index contributed by atoms with van der Waals surface area (Å²) in [6.07, 6.45) is -4.61. The van der Waals surface area contributed by atoms with Crippen LogP contribution in [0.1, 0.15) is 32.7 Å². The molecule has 2 aromatic carbocycles. The highest BCUT2D eigenvalue weighted by Crippen LogP contribution is 2.37. The molecule has 0 aliphatic carbocycles. The molecule has 1 aromatic heterocycles. The maximum Gasteiger partial charge on any atom is 0.417 e. The van der Waals surface area contributed by atoms with Crippen LogP contribution in [-0.2, 0) is 17.7 Å². The van der Waals surface area contributed by atoms with Crippen molar-refractivity contribution in [2.45, 2.75) is 24.6 Å².